The van der Waals surface area contributed by atoms with Gasteiger partial charge < -0.3 is 46.4 Å². The summed E-state index contributed by atoms with van der Waals surface area (Å²) in [6.45, 7) is 19.3. The third kappa shape index (κ3) is 24.0. The molecule has 0 radical (unpaired) electrons. The Hall–Kier alpha value is -3.61. The monoisotopic (exact) mass is 1190 g/mol. The van der Waals surface area contributed by atoms with Crippen molar-refractivity contribution in [2.45, 2.75) is 24.9 Å². The number of anilines is 2. The summed E-state index contributed by atoms with van der Waals surface area (Å²) in [6, 6.07) is 39.8. The van der Waals surface area contributed by atoms with Crippen molar-refractivity contribution < 1.29 is 160 Å². The van der Waals surface area contributed by atoms with Gasteiger partial charge in [-0.1, -0.05) is 96.0 Å². The van der Waals surface area contributed by atoms with Gasteiger partial charge in [0.05, 0.1) is 62.7 Å². The number of nitrogens with zero attached hydrogens (tertiary/aromatic N) is 5. The molecule has 2 fully saturated rings. The van der Waals surface area contributed by atoms with E-state index in [9.17, 15) is 12.8 Å². The maximum absolute atomic E-state index is 15.1. The van der Waals surface area contributed by atoms with Crippen molar-refractivity contribution in [1.82, 2.24) is 10.2 Å². The van der Waals surface area contributed by atoms with E-state index in [1.807, 2.05) is 72.8 Å². The Labute approximate surface area is 557 Å². The van der Waals surface area contributed by atoms with E-state index in [0.29, 0.717) is 63.8 Å². The number of ether oxygens (including phenoxy) is 2. The van der Waals surface area contributed by atoms with E-state index in [1.165, 1.54) is 17.7 Å². The second kappa shape index (κ2) is 37.5. The van der Waals surface area contributed by atoms with Crippen LogP contribution in [-0.4, -0.2) is 115 Å². The van der Waals surface area contributed by atoms with Crippen molar-refractivity contribution >= 4 is 62.5 Å². The van der Waals surface area contributed by atoms with Crippen LogP contribution < -0.4 is 133 Å². The fraction of sp³-hybridized carbons (Fsp3) is 0.304. The Morgan fingerprint density at radius 2 is 1.15 bits per heavy atom. The van der Waals surface area contributed by atoms with E-state index in [-0.39, 0.29) is 167 Å². The summed E-state index contributed by atoms with van der Waals surface area (Å²) in [6.07, 6.45) is 2.43. The van der Waals surface area contributed by atoms with Gasteiger partial charge in [-0.05, 0) is 83.6 Å². The van der Waals surface area contributed by atoms with E-state index < -0.39 is 10.1 Å². The summed E-state index contributed by atoms with van der Waals surface area (Å²) in [5.41, 5.74) is 6.62. The number of nitrogens with one attached hydrogen (secondary N) is 1. The van der Waals surface area contributed by atoms with Crippen molar-refractivity contribution in [3.8, 4) is 11.5 Å². The van der Waals surface area contributed by atoms with Gasteiger partial charge in [-0.25, -0.2) is 18.5 Å². The Morgan fingerprint density at radius 3 is 1.58 bits per heavy atom. The first-order valence-electron chi connectivity index (χ1n) is 24.2. The van der Waals surface area contributed by atoms with Crippen molar-refractivity contribution in [1.29, 1.82) is 0 Å². The Kier molecular flexibility index (Phi) is 33.1. The molecule has 0 saturated carbocycles. The van der Waals surface area contributed by atoms with Gasteiger partial charge in [0.2, 0.25) is 0 Å². The SMILES string of the molecule is O=CO[O-].OCCOc1ccc(N2CCNCC2c2ccc(Cl)cc2)c(F)c1.[C-]#[N+]c1ccc(CCN2CCN(c3ccc(OCCO)cc3F)C(c3ccc(Cl)cc3)C2)cc1.[C-]#[N+]c1ccc(CCOS(C)(=O)=O)cc1.[H-].[K+].[K+]. The third-order valence-corrected chi connectivity index (χ3v) is 13.1. The summed E-state index contributed by atoms with van der Waals surface area (Å²) < 4.78 is 66.2. The summed E-state index contributed by atoms with van der Waals surface area (Å²) in [5.74, 6) is 0.152. The molecule has 2 atom stereocenters. The predicted octanol–water partition coefficient (Wildman–Crippen LogP) is 2.82. The second-order valence-electron chi connectivity index (χ2n) is 17.2. The van der Waals surface area contributed by atoms with Crippen LogP contribution in [0.25, 0.3) is 9.69 Å². The van der Waals surface area contributed by atoms with E-state index >= 15 is 4.39 Å². The minimum Gasteiger partial charge on any atom is -1.00 e. The van der Waals surface area contributed by atoms with Gasteiger partial charge in [0.25, 0.3) is 16.6 Å². The van der Waals surface area contributed by atoms with Gasteiger partial charge in [-0.3, -0.25) is 13.9 Å². The summed E-state index contributed by atoms with van der Waals surface area (Å²) in [7, 11) is -3.36. The van der Waals surface area contributed by atoms with Gasteiger partial charge in [-0.15, -0.1) is 0 Å². The molecule has 2 heterocycles. The number of carbonyl (C=O) groups excluding carboxylic acids is 1. The summed E-state index contributed by atoms with van der Waals surface area (Å²) in [4.78, 5) is 24.5. The zero-order chi connectivity index (χ0) is 55.6. The number of aliphatic hydroxyl groups excluding tert-OH is 2. The van der Waals surface area contributed by atoms with Gasteiger partial charge in [0.15, 0.2) is 11.4 Å². The van der Waals surface area contributed by atoms with Crippen molar-refractivity contribution in [2.75, 3.05) is 94.9 Å². The number of piperazine rings is 2. The zero-order valence-corrected chi connectivity index (χ0v) is 52.7. The molecule has 16 nitrogen and oxygen atoms in total. The Balaban J connectivity index is 0.000000415. The standard InChI is InChI=1S/C27H27ClFN3O2.C18H20ClFN2O2.C10H11NO3S.CH2O3.2K.H/c1-30-23-8-2-20(3-9-23)12-13-31-14-15-32(27(19-31)21-4-6-22(28)7-5-21)26-11-10-24(18-25(26)29)34-17-16-33;19-14-3-1-13(2-4-14)18-12-21-7-8-22(18)17-6-5-15(11-16(17)20)24-10-9-23;1-11-10-5-3-9(4-6-10)7-8-14-15(2,12)13;2-1-4-3;;;/h2-11,18,27,33H,12-17,19H2;1-6,11,18,21,23H,7-10,12H2;3-6H,7-8H2,2H3;1,3H;;;/q;;;;2*+1;-1/p-1. The molecule has 0 aromatic heterocycles. The average molecular weight is 1200 g/mol. The molecule has 79 heavy (non-hydrogen) atoms. The maximum atomic E-state index is 15.1. The van der Waals surface area contributed by atoms with Gasteiger partial charge in [0, 0.05) is 68.0 Å². The molecule has 23 heteroatoms. The minimum absolute atomic E-state index is 0. The van der Waals surface area contributed by atoms with Crippen LogP contribution in [0.2, 0.25) is 10.0 Å². The van der Waals surface area contributed by atoms with E-state index in [0.717, 1.165) is 62.1 Å². The molecule has 0 bridgehead atoms. The van der Waals surface area contributed by atoms with Crippen molar-refractivity contribution in [3.05, 3.63) is 200 Å². The number of halogens is 4. The summed E-state index contributed by atoms with van der Waals surface area (Å²) in [5, 5.41) is 30.9. The molecule has 3 N–H and O–H groups in total. The third-order valence-electron chi connectivity index (χ3n) is 12.0. The molecule has 0 spiro atoms. The fourth-order valence-electron chi connectivity index (χ4n) is 8.30. The normalized spacial score (nSPS) is 14.8. The number of aliphatic hydroxyl groups is 2. The molecule has 2 unspecified atom stereocenters. The zero-order valence-electron chi connectivity index (χ0n) is 45.1. The fourth-order valence-corrected chi connectivity index (χ4v) is 8.93. The van der Waals surface area contributed by atoms with E-state index in [1.54, 1.807) is 48.5 Å². The van der Waals surface area contributed by atoms with Gasteiger partial charge in [-0.2, -0.15) is 8.42 Å². The molecule has 6 aromatic carbocycles. The molecular weight excluding hydrogens is 1140 g/mol. The van der Waals surface area contributed by atoms with Crippen LogP contribution >= 0.6 is 23.2 Å². The Morgan fingerprint density at radius 1 is 0.696 bits per heavy atom. The van der Waals surface area contributed by atoms with Crippen molar-refractivity contribution in [3.63, 3.8) is 0 Å². The largest absolute Gasteiger partial charge is 1.00 e. The van der Waals surface area contributed by atoms with Crippen LogP contribution in [0.4, 0.5) is 31.5 Å². The first-order chi connectivity index (χ1) is 37.2. The second-order valence-corrected chi connectivity index (χ2v) is 19.7. The van der Waals surface area contributed by atoms with Crippen LogP contribution in [0.1, 0.15) is 35.8 Å². The van der Waals surface area contributed by atoms with Crippen LogP contribution in [-0.2, 0) is 36.8 Å². The first-order valence-corrected chi connectivity index (χ1v) is 26.8. The average Bonchev–Trinajstić information content (AvgIpc) is 3.44. The number of rotatable bonds is 18. The van der Waals surface area contributed by atoms with E-state index in [4.69, 9.17) is 66.1 Å². The predicted molar refractivity (Wildman–Crippen MR) is 292 cm³/mol. The van der Waals surface area contributed by atoms with Crippen LogP contribution in [0, 0.1) is 24.8 Å². The molecule has 2 aliphatic heterocycles. The number of hydrogen-bond donors (Lipinski definition) is 3. The maximum Gasteiger partial charge on any atom is 1.00 e. The summed E-state index contributed by atoms with van der Waals surface area (Å²) >= 11 is 12.1. The molecule has 6 aromatic rings. The van der Waals surface area contributed by atoms with Crippen LogP contribution in [0.3, 0.4) is 0 Å². The van der Waals surface area contributed by atoms with Crippen molar-refractivity contribution in [2.24, 2.45) is 0 Å². The minimum atomic E-state index is -3.36. The molecule has 2 aliphatic rings. The Bertz CT molecular complexity index is 2980. The smallest absolute Gasteiger partial charge is 1.00 e. The molecule has 0 aliphatic carbocycles. The van der Waals surface area contributed by atoms with Gasteiger partial charge >= 0.3 is 103 Å². The van der Waals surface area contributed by atoms with Crippen LogP contribution in [0.15, 0.2) is 133 Å². The van der Waals surface area contributed by atoms with Gasteiger partial charge in [0.1, 0.15) is 36.3 Å². The van der Waals surface area contributed by atoms with Crippen LogP contribution in [0.5, 0.6) is 11.5 Å². The molecule has 0 amide bonds. The molecule has 8 rings (SSSR count). The molecule has 410 valence electrons. The quantitative estimate of drug-likeness (QED) is 0.0286. The number of carbonyl (C=O) groups is 1. The first kappa shape index (κ1) is 69.7. The molecule has 2 saturated heterocycles. The number of hydrogen-bond acceptors (Lipinski definition) is 14. The van der Waals surface area contributed by atoms with E-state index in [2.05, 4.69) is 38.8 Å². The number of benzene rings is 6. The molecular formula is C56H60Cl2F2K2N6O10S. The topological polar surface area (TPSA) is 182 Å².